The number of carbonyl (C=O) groups is 2. The lowest BCUT2D eigenvalue weighted by atomic mass is 9.81. The van der Waals surface area contributed by atoms with Gasteiger partial charge in [0.25, 0.3) is 0 Å². The van der Waals surface area contributed by atoms with Crippen molar-refractivity contribution in [3.8, 4) is 0 Å². The maximum absolute atomic E-state index is 11.7. The highest BCUT2D eigenvalue weighted by molar-refractivity contribution is 5.69. The number of nitrogens with zero attached hydrogens (tertiary/aromatic N) is 1. The minimum absolute atomic E-state index is 0.252. The Morgan fingerprint density at radius 2 is 1.82 bits per heavy atom. The fourth-order valence-corrected chi connectivity index (χ4v) is 1.97. The Hall–Kier alpha value is -1.06. The fraction of sp³-hybridized carbons (Fsp3) is 0.846. The number of rotatable bonds is 3. The van der Waals surface area contributed by atoms with Gasteiger partial charge in [0.15, 0.2) is 0 Å². The molecule has 0 aromatic rings. The first-order chi connectivity index (χ1) is 7.63. The summed E-state index contributed by atoms with van der Waals surface area (Å²) < 4.78 is 5.26. The van der Waals surface area contributed by atoms with Gasteiger partial charge in [-0.3, -0.25) is 0 Å². The number of likely N-dealkylation sites (tertiary alicyclic amines) is 1. The predicted molar refractivity (Wildman–Crippen MR) is 65.8 cm³/mol. The number of hydrogen-bond donors (Lipinski definition) is 0. The van der Waals surface area contributed by atoms with E-state index in [2.05, 4.69) is 0 Å². The first-order valence-corrected chi connectivity index (χ1v) is 6.07. The van der Waals surface area contributed by atoms with E-state index in [0.29, 0.717) is 19.0 Å². The average molecular weight is 241 g/mol. The van der Waals surface area contributed by atoms with Crippen LogP contribution < -0.4 is 0 Å². The van der Waals surface area contributed by atoms with Crippen molar-refractivity contribution in [3.63, 3.8) is 0 Å². The quantitative estimate of drug-likeness (QED) is 0.713. The van der Waals surface area contributed by atoms with Crippen molar-refractivity contribution in [1.29, 1.82) is 0 Å². The molecule has 0 aromatic carbocycles. The summed E-state index contributed by atoms with van der Waals surface area (Å²) in [6.45, 7) is 10.8. The molecule has 1 amide bonds. The summed E-state index contributed by atoms with van der Waals surface area (Å²) in [6, 6.07) is 0. The molecule has 1 heterocycles. The molecule has 0 bridgehead atoms. The van der Waals surface area contributed by atoms with E-state index < -0.39 is 5.60 Å². The van der Waals surface area contributed by atoms with E-state index in [0.717, 1.165) is 12.7 Å². The zero-order valence-electron chi connectivity index (χ0n) is 11.4. The average Bonchev–Trinajstić information content (AvgIpc) is 2.07. The van der Waals surface area contributed by atoms with E-state index in [9.17, 15) is 9.59 Å². The zero-order chi connectivity index (χ0) is 13.3. The van der Waals surface area contributed by atoms with Gasteiger partial charge in [-0.25, -0.2) is 4.79 Å². The Morgan fingerprint density at radius 3 is 2.24 bits per heavy atom. The highest BCUT2D eigenvalue weighted by atomic mass is 16.6. The molecular formula is C13H23NO3. The molecular weight excluding hydrogens is 218 g/mol. The van der Waals surface area contributed by atoms with Crippen LogP contribution in [-0.2, 0) is 9.53 Å². The smallest absolute Gasteiger partial charge is 0.410 e. The summed E-state index contributed by atoms with van der Waals surface area (Å²) in [6.07, 6.45) is 1.57. The van der Waals surface area contributed by atoms with Gasteiger partial charge in [0.2, 0.25) is 0 Å². The molecule has 0 saturated carbocycles. The van der Waals surface area contributed by atoms with Crippen molar-refractivity contribution in [2.75, 3.05) is 13.1 Å². The Kier molecular flexibility index (Phi) is 3.84. The summed E-state index contributed by atoms with van der Waals surface area (Å²) in [5, 5.41) is 0. The summed E-state index contributed by atoms with van der Waals surface area (Å²) >= 11 is 0. The van der Waals surface area contributed by atoms with Crippen LogP contribution in [-0.4, -0.2) is 36.0 Å². The SMILES string of the molecule is CC(C)(C=O)CC1CN(C(=O)OC(C)(C)C)C1. The number of carbonyl (C=O) groups excluding carboxylic acids is 2. The molecule has 0 atom stereocenters. The second-order valence-corrected chi connectivity index (χ2v) is 6.56. The van der Waals surface area contributed by atoms with Crippen LogP contribution in [0.4, 0.5) is 4.79 Å². The molecule has 1 saturated heterocycles. The van der Waals surface area contributed by atoms with Crippen LogP contribution in [0.5, 0.6) is 0 Å². The van der Waals surface area contributed by atoms with E-state index in [4.69, 9.17) is 4.74 Å². The van der Waals surface area contributed by atoms with E-state index in [-0.39, 0.29) is 11.5 Å². The summed E-state index contributed by atoms with van der Waals surface area (Å²) in [5.41, 5.74) is -0.727. The maximum atomic E-state index is 11.7. The molecule has 4 heteroatoms. The zero-order valence-corrected chi connectivity index (χ0v) is 11.4. The van der Waals surface area contributed by atoms with E-state index in [1.165, 1.54) is 0 Å². The van der Waals surface area contributed by atoms with Gasteiger partial charge >= 0.3 is 6.09 Å². The minimum atomic E-state index is -0.440. The van der Waals surface area contributed by atoms with Gasteiger partial charge in [0.05, 0.1) is 0 Å². The Morgan fingerprint density at radius 1 is 1.29 bits per heavy atom. The number of aldehydes is 1. The maximum Gasteiger partial charge on any atom is 0.410 e. The van der Waals surface area contributed by atoms with Crippen molar-refractivity contribution in [1.82, 2.24) is 4.90 Å². The Bertz CT molecular complexity index is 298. The van der Waals surface area contributed by atoms with Crippen LogP contribution in [0, 0.1) is 11.3 Å². The third-order valence-corrected chi connectivity index (χ3v) is 2.74. The molecule has 1 fully saturated rings. The molecule has 0 unspecified atom stereocenters. The van der Waals surface area contributed by atoms with Crippen LogP contribution in [0.15, 0.2) is 0 Å². The van der Waals surface area contributed by atoms with Crippen molar-refractivity contribution >= 4 is 12.4 Å². The minimum Gasteiger partial charge on any atom is -0.444 e. The third-order valence-electron chi connectivity index (χ3n) is 2.74. The molecule has 0 radical (unpaired) electrons. The molecule has 0 aromatic heterocycles. The first kappa shape index (κ1) is 14.0. The van der Waals surface area contributed by atoms with Gasteiger partial charge in [-0.15, -0.1) is 0 Å². The van der Waals surface area contributed by atoms with Gasteiger partial charge in [-0.1, -0.05) is 13.8 Å². The highest BCUT2D eigenvalue weighted by Gasteiger charge is 2.36. The lowest BCUT2D eigenvalue weighted by Gasteiger charge is -2.41. The van der Waals surface area contributed by atoms with Gasteiger partial charge < -0.3 is 14.4 Å². The van der Waals surface area contributed by atoms with Crippen molar-refractivity contribution in [3.05, 3.63) is 0 Å². The first-order valence-electron chi connectivity index (χ1n) is 6.07. The van der Waals surface area contributed by atoms with Gasteiger partial charge in [-0.2, -0.15) is 0 Å². The molecule has 1 aliphatic rings. The monoisotopic (exact) mass is 241 g/mol. The van der Waals surface area contributed by atoms with E-state index in [1.54, 1.807) is 4.90 Å². The Labute approximate surface area is 103 Å². The number of hydrogen-bond acceptors (Lipinski definition) is 3. The molecule has 4 nitrogen and oxygen atoms in total. The van der Waals surface area contributed by atoms with Gasteiger partial charge in [-0.05, 0) is 33.1 Å². The second-order valence-electron chi connectivity index (χ2n) is 6.56. The van der Waals surface area contributed by atoms with Crippen LogP contribution >= 0.6 is 0 Å². The molecule has 0 spiro atoms. The summed E-state index contributed by atoms with van der Waals surface area (Å²) in [5.74, 6) is 0.419. The standard InChI is InChI=1S/C13H23NO3/c1-12(2,3)17-11(16)14-7-10(8-14)6-13(4,5)9-15/h9-10H,6-8H2,1-5H3. The van der Waals surface area contributed by atoms with Gasteiger partial charge in [0.1, 0.15) is 11.9 Å². The third kappa shape index (κ3) is 4.36. The topological polar surface area (TPSA) is 46.6 Å². The number of ether oxygens (including phenoxy) is 1. The van der Waals surface area contributed by atoms with E-state index in [1.807, 2.05) is 34.6 Å². The fourth-order valence-electron chi connectivity index (χ4n) is 1.97. The molecule has 0 N–H and O–H groups in total. The van der Waals surface area contributed by atoms with Crippen molar-refractivity contribution < 1.29 is 14.3 Å². The van der Waals surface area contributed by atoms with E-state index >= 15 is 0 Å². The van der Waals surface area contributed by atoms with Crippen LogP contribution in [0.3, 0.4) is 0 Å². The molecule has 98 valence electrons. The normalized spacial score (nSPS) is 17.6. The van der Waals surface area contributed by atoms with Crippen LogP contribution in [0.2, 0.25) is 0 Å². The lowest BCUT2D eigenvalue weighted by molar-refractivity contribution is -0.116. The predicted octanol–water partition coefficient (Wildman–Crippen LogP) is 2.47. The van der Waals surface area contributed by atoms with Crippen molar-refractivity contribution in [2.45, 2.75) is 46.6 Å². The van der Waals surface area contributed by atoms with Crippen LogP contribution in [0.25, 0.3) is 0 Å². The second kappa shape index (κ2) is 4.67. The van der Waals surface area contributed by atoms with Crippen molar-refractivity contribution in [2.24, 2.45) is 11.3 Å². The highest BCUT2D eigenvalue weighted by Crippen LogP contribution is 2.30. The molecule has 17 heavy (non-hydrogen) atoms. The summed E-state index contributed by atoms with van der Waals surface area (Å²) in [7, 11) is 0. The largest absolute Gasteiger partial charge is 0.444 e. The number of amides is 1. The Balaban J connectivity index is 2.32. The van der Waals surface area contributed by atoms with Gasteiger partial charge in [0, 0.05) is 18.5 Å². The molecule has 0 aliphatic carbocycles. The summed E-state index contributed by atoms with van der Waals surface area (Å²) in [4.78, 5) is 24.1. The molecule has 1 rings (SSSR count). The molecule has 1 aliphatic heterocycles. The van der Waals surface area contributed by atoms with Crippen LogP contribution in [0.1, 0.15) is 41.0 Å². The lowest BCUT2D eigenvalue weighted by Crippen LogP contribution is -2.52.